The minimum atomic E-state index is -0.711. The van der Waals surface area contributed by atoms with Crippen LogP contribution in [0.4, 0.5) is 0 Å². The van der Waals surface area contributed by atoms with Gasteiger partial charge in [-0.05, 0) is 25.7 Å². The highest BCUT2D eigenvalue weighted by atomic mass is 16.2. The van der Waals surface area contributed by atoms with E-state index in [1.54, 1.807) is 6.92 Å². The fourth-order valence-electron chi connectivity index (χ4n) is 1.60. The van der Waals surface area contributed by atoms with Crippen LogP contribution in [-0.2, 0) is 4.79 Å². The summed E-state index contributed by atoms with van der Waals surface area (Å²) in [5.41, 5.74) is 5.13. The summed E-state index contributed by atoms with van der Waals surface area (Å²) < 4.78 is 0. The van der Waals surface area contributed by atoms with Crippen LogP contribution in [0.15, 0.2) is 0 Å². The summed E-state index contributed by atoms with van der Waals surface area (Å²) in [6.07, 6.45) is 6.80. The number of carbonyl (C=O) groups excluding carboxylic acids is 1. The molecule has 0 aromatic rings. The standard InChI is InChI=1S/C14H30N2O/c1-5-14(4,15)13(17)16-11-9-7-6-8-10-12(2)3/h12H,5-11,15H2,1-4H3,(H,16,17). The third-order valence-corrected chi connectivity index (χ3v) is 3.25. The smallest absolute Gasteiger partial charge is 0.239 e. The van der Waals surface area contributed by atoms with Gasteiger partial charge >= 0.3 is 0 Å². The van der Waals surface area contributed by atoms with Crippen molar-refractivity contribution in [2.24, 2.45) is 11.7 Å². The summed E-state index contributed by atoms with van der Waals surface area (Å²) in [7, 11) is 0. The van der Waals surface area contributed by atoms with Crippen molar-refractivity contribution >= 4 is 5.91 Å². The van der Waals surface area contributed by atoms with Crippen LogP contribution in [-0.4, -0.2) is 18.0 Å². The first-order chi connectivity index (χ1) is 7.90. The van der Waals surface area contributed by atoms with E-state index in [0.29, 0.717) is 6.42 Å². The summed E-state index contributed by atoms with van der Waals surface area (Å²) in [6, 6.07) is 0. The molecule has 17 heavy (non-hydrogen) atoms. The van der Waals surface area contributed by atoms with E-state index in [1.807, 2.05) is 6.92 Å². The molecule has 3 heteroatoms. The molecule has 0 saturated heterocycles. The second kappa shape index (κ2) is 8.51. The van der Waals surface area contributed by atoms with Crippen LogP contribution in [0.1, 0.15) is 66.2 Å². The van der Waals surface area contributed by atoms with Gasteiger partial charge in [0.1, 0.15) is 0 Å². The van der Waals surface area contributed by atoms with E-state index in [4.69, 9.17) is 5.73 Å². The van der Waals surface area contributed by atoms with Crippen molar-refractivity contribution in [2.45, 2.75) is 71.8 Å². The van der Waals surface area contributed by atoms with Gasteiger partial charge in [-0.2, -0.15) is 0 Å². The molecular weight excluding hydrogens is 212 g/mol. The monoisotopic (exact) mass is 242 g/mol. The summed E-state index contributed by atoms with van der Waals surface area (Å²) >= 11 is 0. The first kappa shape index (κ1) is 16.4. The van der Waals surface area contributed by atoms with Crippen LogP contribution in [0.5, 0.6) is 0 Å². The predicted octanol–water partition coefficient (Wildman–Crippen LogP) is 2.84. The average molecular weight is 242 g/mol. The van der Waals surface area contributed by atoms with E-state index < -0.39 is 5.54 Å². The Bertz CT molecular complexity index is 212. The number of hydrogen-bond acceptors (Lipinski definition) is 2. The second-order valence-corrected chi connectivity index (χ2v) is 5.62. The van der Waals surface area contributed by atoms with Crippen LogP contribution in [0.25, 0.3) is 0 Å². The Morgan fingerprint density at radius 2 is 1.82 bits per heavy atom. The lowest BCUT2D eigenvalue weighted by atomic mass is 9.99. The van der Waals surface area contributed by atoms with Crippen molar-refractivity contribution in [3.63, 3.8) is 0 Å². The zero-order valence-corrected chi connectivity index (χ0v) is 12.0. The number of nitrogens with one attached hydrogen (secondary N) is 1. The van der Waals surface area contributed by atoms with Crippen LogP contribution in [0.3, 0.4) is 0 Å². The predicted molar refractivity (Wildman–Crippen MR) is 73.8 cm³/mol. The van der Waals surface area contributed by atoms with E-state index in [0.717, 1.165) is 18.9 Å². The van der Waals surface area contributed by atoms with Gasteiger partial charge in [0.15, 0.2) is 0 Å². The molecule has 102 valence electrons. The van der Waals surface area contributed by atoms with Gasteiger partial charge in [-0.3, -0.25) is 4.79 Å². The molecule has 0 spiro atoms. The summed E-state index contributed by atoms with van der Waals surface area (Å²) in [4.78, 5) is 11.6. The molecule has 0 radical (unpaired) electrons. The molecule has 3 nitrogen and oxygen atoms in total. The highest BCUT2D eigenvalue weighted by Crippen LogP contribution is 2.09. The lowest BCUT2D eigenvalue weighted by molar-refractivity contribution is -0.125. The zero-order valence-electron chi connectivity index (χ0n) is 12.0. The fourth-order valence-corrected chi connectivity index (χ4v) is 1.60. The van der Waals surface area contributed by atoms with E-state index >= 15 is 0 Å². The van der Waals surface area contributed by atoms with Crippen LogP contribution in [0.2, 0.25) is 0 Å². The minimum Gasteiger partial charge on any atom is -0.355 e. The fraction of sp³-hybridized carbons (Fsp3) is 0.929. The molecule has 0 heterocycles. The largest absolute Gasteiger partial charge is 0.355 e. The Labute approximate surface area is 107 Å². The average Bonchev–Trinajstić information content (AvgIpc) is 2.27. The number of unbranched alkanes of at least 4 members (excludes halogenated alkanes) is 3. The van der Waals surface area contributed by atoms with Gasteiger partial charge in [-0.1, -0.05) is 46.5 Å². The van der Waals surface area contributed by atoms with Crippen molar-refractivity contribution in [3.05, 3.63) is 0 Å². The molecule has 0 fully saturated rings. The highest BCUT2D eigenvalue weighted by molar-refractivity contribution is 5.85. The molecule has 0 aliphatic rings. The molecule has 0 aromatic heterocycles. The molecule has 0 saturated carbocycles. The van der Waals surface area contributed by atoms with Gasteiger partial charge in [0, 0.05) is 6.54 Å². The summed E-state index contributed by atoms with van der Waals surface area (Å²) in [5, 5.41) is 2.91. The Balaban J connectivity index is 3.43. The Morgan fingerprint density at radius 1 is 1.24 bits per heavy atom. The molecule has 1 atom stereocenters. The van der Waals surface area contributed by atoms with Gasteiger partial charge in [0.2, 0.25) is 5.91 Å². The maximum Gasteiger partial charge on any atom is 0.239 e. The van der Waals surface area contributed by atoms with Crippen molar-refractivity contribution < 1.29 is 4.79 Å². The molecule has 0 aliphatic carbocycles. The number of rotatable bonds is 9. The highest BCUT2D eigenvalue weighted by Gasteiger charge is 2.24. The lowest BCUT2D eigenvalue weighted by Gasteiger charge is -2.21. The molecule has 0 aromatic carbocycles. The number of nitrogens with two attached hydrogens (primary N) is 1. The molecular formula is C14H30N2O. The minimum absolute atomic E-state index is 0.0258. The maximum absolute atomic E-state index is 11.6. The van der Waals surface area contributed by atoms with Gasteiger partial charge < -0.3 is 11.1 Å². The third-order valence-electron chi connectivity index (χ3n) is 3.25. The van der Waals surface area contributed by atoms with Crippen molar-refractivity contribution in [2.75, 3.05) is 6.54 Å². The number of hydrogen-bond donors (Lipinski definition) is 2. The molecule has 3 N–H and O–H groups in total. The lowest BCUT2D eigenvalue weighted by Crippen LogP contribution is -2.51. The van der Waals surface area contributed by atoms with Gasteiger partial charge in [0.25, 0.3) is 0 Å². The van der Waals surface area contributed by atoms with Crippen LogP contribution < -0.4 is 11.1 Å². The van der Waals surface area contributed by atoms with E-state index in [2.05, 4.69) is 19.2 Å². The first-order valence-electron chi connectivity index (χ1n) is 6.97. The zero-order chi connectivity index (χ0) is 13.3. The molecule has 0 bridgehead atoms. The Hall–Kier alpha value is -0.570. The SMILES string of the molecule is CCC(C)(N)C(=O)NCCCCCCC(C)C. The van der Waals surface area contributed by atoms with Crippen LogP contribution >= 0.6 is 0 Å². The van der Waals surface area contributed by atoms with Gasteiger partial charge in [-0.25, -0.2) is 0 Å². The first-order valence-corrected chi connectivity index (χ1v) is 6.97. The summed E-state index contributed by atoms with van der Waals surface area (Å²) in [6.45, 7) is 8.99. The number of carbonyl (C=O) groups is 1. The van der Waals surface area contributed by atoms with Crippen LogP contribution in [0, 0.1) is 5.92 Å². The van der Waals surface area contributed by atoms with E-state index in [-0.39, 0.29) is 5.91 Å². The topological polar surface area (TPSA) is 55.1 Å². The normalized spacial score (nSPS) is 14.7. The molecule has 0 aliphatic heterocycles. The van der Waals surface area contributed by atoms with Gasteiger partial charge in [0.05, 0.1) is 5.54 Å². The van der Waals surface area contributed by atoms with Crippen molar-refractivity contribution in [1.29, 1.82) is 0 Å². The second-order valence-electron chi connectivity index (χ2n) is 5.62. The van der Waals surface area contributed by atoms with Crippen molar-refractivity contribution in [3.8, 4) is 0 Å². The molecule has 1 amide bonds. The molecule has 0 rings (SSSR count). The third kappa shape index (κ3) is 8.19. The number of amides is 1. The summed E-state index contributed by atoms with van der Waals surface area (Å²) in [5.74, 6) is 0.777. The van der Waals surface area contributed by atoms with Gasteiger partial charge in [-0.15, -0.1) is 0 Å². The Morgan fingerprint density at radius 3 is 2.35 bits per heavy atom. The quantitative estimate of drug-likeness (QED) is 0.611. The van der Waals surface area contributed by atoms with E-state index in [1.165, 1.54) is 25.7 Å². The Kier molecular flexibility index (Phi) is 8.23. The van der Waals surface area contributed by atoms with Crippen molar-refractivity contribution in [1.82, 2.24) is 5.32 Å². The molecule has 1 unspecified atom stereocenters. The van der Waals surface area contributed by atoms with E-state index in [9.17, 15) is 4.79 Å². The maximum atomic E-state index is 11.6.